The number of hydrogen-bond acceptors (Lipinski definition) is 5. The zero-order valence-electron chi connectivity index (χ0n) is 11.1. The molecule has 0 saturated heterocycles. The highest BCUT2D eigenvalue weighted by Gasteiger charge is 2.34. The van der Waals surface area contributed by atoms with E-state index in [1.54, 1.807) is 0 Å². The molecule has 0 aromatic heterocycles. The molecule has 1 aliphatic rings. The van der Waals surface area contributed by atoms with Crippen LogP contribution >= 0.6 is 0 Å². The number of nitrogens with zero attached hydrogens (tertiary/aromatic N) is 1. The molecule has 0 fully saturated rings. The number of carbonyl (C=O) groups excluding carboxylic acids is 1. The van der Waals surface area contributed by atoms with E-state index in [0.29, 0.717) is 11.8 Å². The zero-order chi connectivity index (χ0) is 13.9. The molecule has 0 saturated carbocycles. The number of hydrogen-bond donors (Lipinski definition) is 1. The summed E-state index contributed by atoms with van der Waals surface area (Å²) >= 11 is 0. The Balaban J connectivity index is 2.14. The largest absolute Gasteiger partial charge is 0.466 e. The second-order valence-electron chi connectivity index (χ2n) is 4.60. The maximum absolute atomic E-state index is 11.3. The Kier molecular flexibility index (Phi) is 3.55. The second kappa shape index (κ2) is 5.14. The zero-order valence-corrected chi connectivity index (χ0v) is 11.1. The first kappa shape index (κ1) is 13.1. The molecule has 0 amide bonds. The second-order valence-corrected chi connectivity index (χ2v) is 4.60. The first-order chi connectivity index (χ1) is 9.01. The predicted octanol–water partition coefficient (Wildman–Crippen LogP) is 2.32. The van der Waals surface area contributed by atoms with Crippen LogP contribution in [0.4, 0.5) is 5.69 Å². The molecule has 0 unspecified atom stereocenters. The van der Waals surface area contributed by atoms with Crippen LogP contribution in [0.25, 0.3) is 0 Å². The maximum atomic E-state index is 11.3. The number of aliphatic imine (C=N–C) groups is 1. The molecule has 1 aromatic carbocycles. The molecule has 19 heavy (non-hydrogen) atoms. The van der Waals surface area contributed by atoms with E-state index in [1.165, 1.54) is 13.2 Å². The number of benzene rings is 1. The molecule has 5 heteroatoms. The molecule has 0 spiro atoms. The molecule has 5 nitrogen and oxygen atoms in total. The predicted molar refractivity (Wildman–Crippen MR) is 72.8 cm³/mol. The van der Waals surface area contributed by atoms with Crippen LogP contribution in [0.15, 0.2) is 47.2 Å². The lowest BCUT2D eigenvalue weighted by atomic mass is 10.0. The van der Waals surface area contributed by atoms with Gasteiger partial charge in [0, 0.05) is 5.69 Å². The highest BCUT2D eigenvalue weighted by Crippen LogP contribution is 2.29. The lowest BCUT2D eigenvalue weighted by molar-refractivity contribution is -0.135. The van der Waals surface area contributed by atoms with E-state index < -0.39 is 11.5 Å². The van der Waals surface area contributed by atoms with Crippen LogP contribution in [0, 0.1) is 0 Å². The van der Waals surface area contributed by atoms with E-state index in [2.05, 4.69) is 15.0 Å². The van der Waals surface area contributed by atoms with Gasteiger partial charge in [0.2, 0.25) is 0 Å². The highest BCUT2D eigenvalue weighted by molar-refractivity contribution is 5.93. The monoisotopic (exact) mass is 260 g/mol. The fourth-order valence-electron chi connectivity index (χ4n) is 1.63. The molecular weight excluding hydrogens is 244 g/mol. The van der Waals surface area contributed by atoms with Gasteiger partial charge >= 0.3 is 5.97 Å². The minimum absolute atomic E-state index is 0.367. The average molecular weight is 260 g/mol. The number of nitrogens with one attached hydrogen (secondary N) is 1. The number of anilines is 1. The van der Waals surface area contributed by atoms with Crippen molar-refractivity contribution >= 4 is 17.7 Å². The lowest BCUT2D eigenvalue weighted by Crippen LogP contribution is -2.17. The lowest BCUT2D eigenvalue weighted by Gasteiger charge is -2.12. The Bertz CT molecular complexity index is 533. The van der Waals surface area contributed by atoms with E-state index in [9.17, 15) is 4.79 Å². The van der Waals surface area contributed by atoms with Crippen molar-refractivity contribution in [1.82, 2.24) is 0 Å². The third-order valence-corrected chi connectivity index (χ3v) is 2.67. The fourth-order valence-corrected chi connectivity index (χ4v) is 1.63. The van der Waals surface area contributed by atoms with Gasteiger partial charge in [-0.1, -0.05) is 18.2 Å². The van der Waals surface area contributed by atoms with Crippen molar-refractivity contribution in [2.45, 2.75) is 19.4 Å². The maximum Gasteiger partial charge on any atom is 0.333 e. The normalized spacial score (nSPS) is 18.7. The Morgan fingerprint density at radius 2 is 2.05 bits per heavy atom. The van der Waals surface area contributed by atoms with Crippen LogP contribution < -0.4 is 5.32 Å². The summed E-state index contributed by atoms with van der Waals surface area (Å²) in [5.74, 6) is -0.00276. The Labute approximate surface area is 111 Å². The number of esters is 1. The van der Waals surface area contributed by atoms with Crippen LogP contribution in [0.3, 0.4) is 0 Å². The number of carbonyl (C=O) groups is 1. The molecular formula is C14H16N2O3. The van der Waals surface area contributed by atoms with Gasteiger partial charge in [0.1, 0.15) is 11.3 Å². The van der Waals surface area contributed by atoms with Gasteiger partial charge in [-0.15, -0.1) is 0 Å². The summed E-state index contributed by atoms with van der Waals surface area (Å²) < 4.78 is 10.1. The fraction of sp³-hybridized carbons (Fsp3) is 0.286. The van der Waals surface area contributed by atoms with Crippen molar-refractivity contribution in [3.63, 3.8) is 0 Å². The van der Waals surface area contributed by atoms with Crippen LogP contribution in [0.5, 0.6) is 0 Å². The first-order valence-corrected chi connectivity index (χ1v) is 5.91. The standard InChI is InChI=1S/C14H16N2O3/c1-14(2)11(9-12(17)18-3)19-13(16-14)15-10-7-5-4-6-8-10/h4-9H,1-3H3,(H,15,16)/b11-9+. The van der Waals surface area contributed by atoms with Crippen molar-refractivity contribution in [2.75, 3.05) is 12.4 Å². The van der Waals surface area contributed by atoms with Crippen molar-refractivity contribution in [3.8, 4) is 0 Å². The molecule has 100 valence electrons. The first-order valence-electron chi connectivity index (χ1n) is 5.91. The number of para-hydroxylation sites is 1. The van der Waals surface area contributed by atoms with Crippen LogP contribution in [0.2, 0.25) is 0 Å². The quantitative estimate of drug-likeness (QED) is 0.655. The number of ether oxygens (including phenoxy) is 2. The minimum atomic E-state index is -0.592. The number of rotatable bonds is 2. The number of amidine groups is 1. The van der Waals surface area contributed by atoms with Gasteiger partial charge in [-0.25, -0.2) is 9.79 Å². The summed E-state index contributed by atoms with van der Waals surface area (Å²) in [5.41, 5.74) is 0.280. The Morgan fingerprint density at radius 3 is 2.68 bits per heavy atom. The van der Waals surface area contributed by atoms with Crippen molar-refractivity contribution in [2.24, 2.45) is 4.99 Å². The highest BCUT2D eigenvalue weighted by atomic mass is 16.5. The summed E-state index contributed by atoms with van der Waals surface area (Å²) in [6.07, 6.45) is 1.31. The summed E-state index contributed by atoms with van der Waals surface area (Å²) in [6, 6.07) is 9.92. The van der Waals surface area contributed by atoms with Gasteiger partial charge in [0.05, 0.1) is 13.2 Å². The molecule has 0 radical (unpaired) electrons. The van der Waals surface area contributed by atoms with Gasteiger partial charge in [0.25, 0.3) is 6.02 Å². The molecule has 1 heterocycles. The Hall–Kier alpha value is -2.30. The van der Waals surface area contributed by atoms with E-state index >= 15 is 0 Å². The topological polar surface area (TPSA) is 59.9 Å². The molecule has 1 N–H and O–H groups in total. The van der Waals surface area contributed by atoms with Gasteiger partial charge in [-0.2, -0.15) is 0 Å². The summed E-state index contributed by atoms with van der Waals surface area (Å²) in [4.78, 5) is 15.7. The van der Waals surface area contributed by atoms with E-state index in [4.69, 9.17) is 4.74 Å². The van der Waals surface area contributed by atoms with Crippen molar-refractivity contribution in [1.29, 1.82) is 0 Å². The average Bonchev–Trinajstić information content (AvgIpc) is 2.65. The van der Waals surface area contributed by atoms with Crippen LogP contribution in [0.1, 0.15) is 13.8 Å². The molecule has 1 aromatic rings. The molecule has 2 rings (SSSR count). The van der Waals surface area contributed by atoms with Gasteiger partial charge in [-0.3, -0.25) is 0 Å². The van der Waals surface area contributed by atoms with Gasteiger partial charge in [-0.05, 0) is 26.0 Å². The summed E-state index contributed by atoms with van der Waals surface area (Å²) in [5, 5.41) is 3.05. The smallest absolute Gasteiger partial charge is 0.333 e. The third-order valence-electron chi connectivity index (χ3n) is 2.67. The molecule has 0 atom stereocenters. The van der Waals surface area contributed by atoms with Crippen molar-refractivity contribution in [3.05, 3.63) is 42.2 Å². The van der Waals surface area contributed by atoms with Crippen LogP contribution in [-0.2, 0) is 14.3 Å². The van der Waals surface area contributed by atoms with E-state index in [-0.39, 0.29) is 0 Å². The van der Waals surface area contributed by atoms with E-state index in [1.807, 2.05) is 44.2 Å². The number of methoxy groups -OCH3 is 1. The molecule has 0 aliphatic carbocycles. The van der Waals surface area contributed by atoms with Gasteiger partial charge < -0.3 is 14.8 Å². The molecule has 1 aliphatic heterocycles. The minimum Gasteiger partial charge on any atom is -0.466 e. The van der Waals surface area contributed by atoms with Crippen molar-refractivity contribution < 1.29 is 14.3 Å². The SMILES string of the molecule is COC(=O)/C=C1/OC(Nc2ccccc2)=NC1(C)C. The van der Waals surface area contributed by atoms with E-state index in [0.717, 1.165) is 5.69 Å². The summed E-state index contributed by atoms with van der Waals surface area (Å²) in [6.45, 7) is 3.73. The third kappa shape index (κ3) is 3.13. The molecule has 0 bridgehead atoms. The van der Waals surface area contributed by atoms with Crippen LogP contribution in [-0.4, -0.2) is 24.6 Å². The Morgan fingerprint density at radius 1 is 1.37 bits per heavy atom. The summed E-state index contributed by atoms with van der Waals surface area (Å²) in [7, 11) is 1.32. The van der Waals surface area contributed by atoms with Gasteiger partial charge in [0.15, 0.2) is 0 Å².